The van der Waals surface area contributed by atoms with Crippen LogP contribution >= 0.6 is 0 Å². The van der Waals surface area contributed by atoms with Gasteiger partial charge in [-0.15, -0.1) is 0 Å². The second-order valence-electron chi connectivity index (χ2n) is 3.33. The van der Waals surface area contributed by atoms with Crippen molar-refractivity contribution in [1.29, 1.82) is 0 Å². The van der Waals surface area contributed by atoms with Gasteiger partial charge in [-0.2, -0.15) is 5.10 Å². The first kappa shape index (κ1) is 12.0. The van der Waals surface area contributed by atoms with Gasteiger partial charge in [0.1, 0.15) is 0 Å². The molecule has 1 rings (SSSR count). The highest BCUT2D eigenvalue weighted by molar-refractivity contribution is 7.92. The van der Waals surface area contributed by atoms with Crippen molar-refractivity contribution >= 4 is 15.7 Å². The Morgan fingerprint density at radius 1 is 1.40 bits per heavy atom. The number of hydrogen-bond acceptors (Lipinski definition) is 4. The van der Waals surface area contributed by atoms with Crippen LogP contribution in [0, 0.1) is 13.8 Å². The minimum absolute atomic E-state index is 0.0492. The molecule has 0 aliphatic carbocycles. The van der Waals surface area contributed by atoms with Gasteiger partial charge < -0.3 is 5.32 Å². The van der Waals surface area contributed by atoms with Gasteiger partial charge in [-0.05, 0) is 20.9 Å². The lowest BCUT2D eigenvalue weighted by molar-refractivity contribution is 0.598. The second-order valence-corrected chi connectivity index (χ2v) is 5.18. The van der Waals surface area contributed by atoms with Crippen molar-refractivity contribution in [2.75, 3.05) is 24.1 Å². The molecule has 0 unspecified atom stereocenters. The summed E-state index contributed by atoms with van der Waals surface area (Å²) in [7, 11) is -1.57. The molecule has 0 bridgehead atoms. The van der Waals surface area contributed by atoms with E-state index >= 15 is 0 Å². The minimum atomic E-state index is -3.28. The number of aryl methyl sites for hydroxylation is 2. The molecule has 1 heterocycles. The van der Waals surface area contributed by atoms with E-state index < -0.39 is 10.0 Å². The largest absolute Gasteiger partial charge is 0.319 e. The molecular formula is C8H16N4O2S. The van der Waals surface area contributed by atoms with E-state index in [1.54, 1.807) is 20.9 Å². The number of sulfonamides is 1. The van der Waals surface area contributed by atoms with E-state index in [-0.39, 0.29) is 5.75 Å². The Bertz CT molecular complexity index is 404. The van der Waals surface area contributed by atoms with Gasteiger partial charge in [0.25, 0.3) is 0 Å². The number of nitrogens with zero attached hydrogens (tertiary/aromatic N) is 1. The summed E-state index contributed by atoms with van der Waals surface area (Å²) in [6, 6.07) is 0. The summed E-state index contributed by atoms with van der Waals surface area (Å²) in [6.45, 7) is 3.95. The molecule has 6 nitrogen and oxygen atoms in total. The van der Waals surface area contributed by atoms with Crippen molar-refractivity contribution in [2.45, 2.75) is 13.8 Å². The molecule has 0 atom stereocenters. The molecule has 15 heavy (non-hydrogen) atoms. The van der Waals surface area contributed by atoms with Gasteiger partial charge >= 0.3 is 0 Å². The highest BCUT2D eigenvalue weighted by atomic mass is 32.2. The lowest BCUT2D eigenvalue weighted by Gasteiger charge is -2.07. The zero-order valence-electron chi connectivity index (χ0n) is 9.09. The Morgan fingerprint density at radius 3 is 2.53 bits per heavy atom. The summed E-state index contributed by atoms with van der Waals surface area (Å²) in [5, 5.41) is 9.43. The smallest absolute Gasteiger partial charge is 0.234 e. The van der Waals surface area contributed by atoms with Crippen LogP contribution in [0.2, 0.25) is 0 Å². The van der Waals surface area contributed by atoms with Crippen LogP contribution in [-0.2, 0) is 10.0 Å². The predicted molar refractivity (Wildman–Crippen MR) is 59.4 cm³/mol. The Hall–Kier alpha value is -1.08. The molecular weight excluding hydrogens is 216 g/mol. The number of nitrogens with one attached hydrogen (secondary N) is 3. The first-order valence-corrected chi connectivity index (χ1v) is 6.28. The number of anilines is 1. The maximum absolute atomic E-state index is 11.6. The van der Waals surface area contributed by atoms with Gasteiger partial charge in [0.05, 0.1) is 22.8 Å². The van der Waals surface area contributed by atoms with Gasteiger partial charge in [0, 0.05) is 6.54 Å². The van der Waals surface area contributed by atoms with Crippen molar-refractivity contribution in [2.24, 2.45) is 0 Å². The summed E-state index contributed by atoms with van der Waals surface area (Å²) in [6.07, 6.45) is 0. The van der Waals surface area contributed by atoms with Crippen LogP contribution in [0.5, 0.6) is 0 Å². The maximum Gasteiger partial charge on any atom is 0.234 e. The fourth-order valence-corrected chi connectivity index (χ4v) is 2.33. The number of hydrogen-bond donors (Lipinski definition) is 3. The fourth-order valence-electron chi connectivity index (χ4n) is 1.14. The normalized spacial score (nSPS) is 11.7. The van der Waals surface area contributed by atoms with Crippen molar-refractivity contribution in [1.82, 2.24) is 15.5 Å². The highest BCUT2D eigenvalue weighted by Gasteiger charge is 2.14. The molecule has 0 amide bonds. The molecule has 0 aliphatic heterocycles. The second kappa shape index (κ2) is 4.63. The van der Waals surface area contributed by atoms with Crippen molar-refractivity contribution < 1.29 is 8.42 Å². The van der Waals surface area contributed by atoms with Crippen LogP contribution in [0.3, 0.4) is 0 Å². The lowest BCUT2D eigenvalue weighted by atomic mass is 10.3. The standard InChI is InChI=1S/C8H16N4O2S/c1-6-8(7(2)11-10-6)12-15(13,14)5-4-9-3/h9,12H,4-5H2,1-3H3,(H,10,11). The van der Waals surface area contributed by atoms with Gasteiger partial charge in [0.2, 0.25) is 10.0 Å². The van der Waals surface area contributed by atoms with Crippen LogP contribution in [-0.4, -0.2) is 38.0 Å². The molecule has 0 aromatic carbocycles. The van der Waals surface area contributed by atoms with Gasteiger partial charge in [-0.1, -0.05) is 0 Å². The lowest BCUT2D eigenvalue weighted by Crippen LogP contribution is -2.24. The highest BCUT2D eigenvalue weighted by Crippen LogP contribution is 2.17. The quantitative estimate of drug-likeness (QED) is 0.666. The van der Waals surface area contributed by atoms with Gasteiger partial charge in [-0.3, -0.25) is 9.82 Å². The Labute approximate surface area is 89.5 Å². The molecule has 1 aromatic rings. The van der Waals surface area contributed by atoms with E-state index in [4.69, 9.17) is 0 Å². The van der Waals surface area contributed by atoms with Gasteiger partial charge in [-0.25, -0.2) is 8.42 Å². The molecule has 0 saturated carbocycles. The summed E-state index contributed by atoms with van der Waals surface area (Å²) < 4.78 is 25.6. The number of H-pyrrole nitrogens is 1. The summed E-state index contributed by atoms with van der Waals surface area (Å²) in [4.78, 5) is 0. The zero-order valence-corrected chi connectivity index (χ0v) is 9.90. The Balaban J connectivity index is 2.77. The van der Waals surface area contributed by atoms with E-state index in [1.165, 1.54) is 0 Å². The predicted octanol–water partition coefficient (Wildman–Crippen LogP) is -0.0124. The molecule has 3 N–H and O–H groups in total. The average Bonchev–Trinajstić information content (AvgIpc) is 2.46. The van der Waals surface area contributed by atoms with E-state index in [1.807, 2.05) is 0 Å². The van der Waals surface area contributed by atoms with Crippen LogP contribution in [0.1, 0.15) is 11.4 Å². The minimum Gasteiger partial charge on any atom is -0.319 e. The third kappa shape index (κ3) is 3.21. The fraction of sp³-hybridized carbons (Fsp3) is 0.625. The third-order valence-corrected chi connectivity index (χ3v) is 3.26. The molecule has 0 aliphatic rings. The SMILES string of the molecule is CNCCS(=O)(=O)Nc1c(C)n[nH]c1C. The van der Waals surface area contributed by atoms with E-state index in [0.717, 1.165) is 5.69 Å². The topological polar surface area (TPSA) is 86.9 Å². The van der Waals surface area contributed by atoms with Gasteiger partial charge in [0.15, 0.2) is 0 Å². The number of aromatic amines is 1. The third-order valence-electron chi connectivity index (χ3n) is 2.01. The average molecular weight is 232 g/mol. The Morgan fingerprint density at radius 2 is 2.07 bits per heavy atom. The first-order valence-electron chi connectivity index (χ1n) is 4.63. The first-order chi connectivity index (χ1) is 6.96. The van der Waals surface area contributed by atoms with Crippen molar-refractivity contribution in [3.8, 4) is 0 Å². The van der Waals surface area contributed by atoms with E-state index in [2.05, 4.69) is 20.2 Å². The van der Waals surface area contributed by atoms with Crippen LogP contribution in [0.4, 0.5) is 5.69 Å². The number of rotatable bonds is 5. The van der Waals surface area contributed by atoms with Crippen LogP contribution < -0.4 is 10.0 Å². The van der Waals surface area contributed by atoms with E-state index in [0.29, 0.717) is 17.9 Å². The maximum atomic E-state index is 11.6. The molecule has 0 saturated heterocycles. The summed E-state index contributed by atoms with van der Waals surface area (Å²) >= 11 is 0. The van der Waals surface area contributed by atoms with Crippen molar-refractivity contribution in [3.63, 3.8) is 0 Å². The monoisotopic (exact) mass is 232 g/mol. The van der Waals surface area contributed by atoms with E-state index in [9.17, 15) is 8.42 Å². The molecule has 7 heteroatoms. The molecule has 86 valence electrons. The van der Waals surface area contributed by atoms with Crippen molar-refractivity contribution in [3.05, 3.63) is 11.4 Å². The summed E-state index contributed by atoms with van der Waals surface area (Å²) in [5.74, 6) is 0.0492. The zero-order chi connectivity index (χ0) is 11.5. The van der Waals surface area contributed by atoms with Crippen LogP contribution in [0.25, 0.3) is 0 Å². The molecule has 0 spiro atoms. The molecule has 0 fully saturated rings. The molecule has 0 radical (unpaired) electrons. The summed E-state index contributed by atoms with van der Waals surface area (Å²) in [5.41, 5.74) is 1.92. The van der Waals surface area contributed by atoms with Crippen LogP contribution in [0.15, 0.2) is 0 Å². The molecule has 1 aromatic heterocycles. The number of aromatic nitrogens is 2. The Kier molecular flexibility index (Phi) is 3.70.